The lowest BCUT2D eigenvalue weighted by Gasteiger charge is -2.05. The van der Waals surface area contributed by atoms with E-state index in [2.05, 4.69) is 17.4 Å². The van der Waals surface area contributed by atoms with E-state index >= 15 is 0 Å². The van der Waals surface area contributed by atoms with Crippen LogP contribution in [0.25, 0.3) is 0 Å². The molecule has 5 heteroatoms. The summed E-state index contributed by atoms with van der Waals surface area (Å²) in [5, 5.41) is 2.69. The van der Waals surface area contributed by atoms with E-state index in [0.29, 0.717) is 11.3 Å². The van der Waals surface area contributed by atoms with Gasteiger partial charge in [-0.15, -0.1) is 0 Å². The zero-order valence-corrected chi connectivity index (χ0v) is 13.5. The number of hydrogen-bond acceptors (Lipinski definition) is 1. The number of rotatable bonds is 4. The van der Waals surface area contributed by atoms with Crippen LogP contribution in [0.4, 0.5) is 10.1 Å². The summed E-state index contributed by atoms with van der Waals surface area (Å²) in [5.74, 6) is -0.882. The molecule has 3 nitrogen and oxygen atoms in total. The quantitative estimate of drug-likeness (QED) is 0.713. The van der Waals surface area contributed by atoms with Gasteiger partial charge in [-0.2, -0.15) is 0 Å². The van der Waals surface area contributed by atoms with Crippen LogP contribution in [0.5, 0.6) is 0 Å². The molecule has 0 fully saturated rings. The minimum absolute atomic E-state index is 0.0728. The fourth-order valence-electron chi connectivity index (χ4n) is 2.28. The lowest BCUT2D eigenvalue weighted by atomic mass is 10.2. The van der Waals surface area contributed by atoms with Crippen LogP contribution in [0, 0.1) is 5.82 Å². The normalized spacial score (nSPS) is 10.4. The molecule has 1 N–H and O–H groups in total. The zero-order valence-electron chi connectivity index (χ0n) is 12.7. The van der Waals surface area contributed by atoms with Gasteiger partial charge in [0.25, 0.3) is 5.91 Å². The number of benzene rings is 2. The highest BCUT2D eigenvalue weighted by atomic mass is 35.5. The van der Waals surface area contributed by atoms with Crippen molar-refractivity contribution in [2.45, 2.75) is 6.54 Å². The van der Waals surface area contributed by atoms with Crippen molar-refractivity contribution in [3.63, 3.8) is 0 Å². The molecule has 2 aromatic carbocycles. The average molecular weight is 342 g/mol. The largest absolute Gasteiger partial charge is 0.322 e. The Labute approximate surface area is 144 Å². The van der Waals surface area contributed by atoms with Gasteiger partial charge in [-0.25, -0.2) is 8.96 Å². The second-order valence-corrected chi connectivity index (χ2v) is 5.73. The van der Waals surface area contributed by atoms with E-state index < -0.39 is 5.82 Å². The third-order valence-electron chi connectivity index (χ3n) is 3.54. The second kappa shape index (κ2) is 7.23. The molecule has 0 bridgehead atoms. The van der Waals surface area contributed by atoms with Gasteiger partial charge in [-0.3, -0.25) is 4.79 Å². The maximum Gasteiger partial charge on any atom is 0.255 e. The summed E-state index contributed by atoms with van der Waals surface area (Å²) < 4.78 is 15.2. The number of pyridine rings is 1. The van der Waals surface area contributed by atoms with Crippen molar-refractivity contribution in [2.24, 2.45) is 0 Å². The molecular weight excluding hydrogens is 327 g/mol. The molecule has 0 aliphatic rings. The van der Waals surface area contributed by atoms with Crippen LogP contribution < -0.4 is 9.88 Å². The van der Waals surface area contributed by atoms with Gasteiger partial charge in [0.05, 0.1) is 10.7 Å². The van der Waals surface area contributed by atoms with Gasteiger partial charge in [-0.1, -0.05) is 41.9 Å². The van der Waals surface area contributed by atoms with Crippen LogP contribution in [0.15, 0.2) is 73.1 Å². The van der Waals surface area contributed by atoms with E-state index in [9.17, 15) is 9.18 Å². The van der Waals surface area contributed by atoms with Gasteiger partial charge in [0.1, 0.15) is 5.82 Å². The smallest absolute Gasteiger partial charge is 0.255 e. The Kier molecular flexibility index (Phi) is 4.87. The minimum Gasteiger partial charge on any atom is -0.322 e. The predicted octanol–water partition coefficient (Wildman–Crippen LogP) is 4.07. The molecule has 1 heterocycles. The number of aromatic nitrogens is 1. The van der Waals surface area contributed by atoms with Crippen LogP contribution >= 0.6 is 11.6 Å². The summed E-state index contributed by atoms with van der Waals surface area (Å²) in [6.45, 7) is 0.753. The lowest BCUT2D eigenvalue weighted by molar-refractivity contribution is -0.688. The average Bonchev–Trinajstić information content (AvgIpc) is 2.60. The molecule has 0 aliphatic carbocycles. The first-order chi connectivity index (χ1) is 11.6. The van der Waals surface area contributed by atoms with E-state index in [1.807, 2.05) is 47.3 Å². The fraction of sp³-hybridized carbons (Fsp3) is 0.0526. The summed E-state index contributed by atoms with van der Waals surface area (Å²) in [4.78, 5) is 12.2. The van der Waals surface area contributed by atoms with Crippen molar-refractivity contribution >= 4 is 23.2 Å². The van der Waals surface area contributed by atoms with Crippen molar-refractivity contribution in [3.05, 3.63) is 95.0 Å². The number of nitrogens with one attached hydrogen (secondary N) is 1. The molecule has 0 saturated heterocycles. The van der Waals surface area contributed by atoms with Crippen LogP contribution in [0.2, 0.25) is 5.02 Å². The maximum atomic E-state index is 13.1. The van der Waals surface area contributed by atoms with Crippen molar-refractivity contribution in [3.8, 4) is 0 Å². The number of anilines is 1. The molecule has 0 saturated carbocycles. The van der Waals surface area contributed by atoms with Crippen molar-refractivity contribution in [1.82, 2.24) is 0 Å². The highest BCUT2D eigenvalue weighted by Gasteiger charge is 2.10. The number of carbonyl (C=O) groups excluding carboxylic acids is 1. The van der Waals surface area contributed by atoms with E-state index in [0.717, 1.165) is 6.54 Å². The predicted molar refractivity (Wildman–Crippen MR) is 91.5 cm³/mol. The Balaban J connectivity index is 1.67. The molecule has 0 unspecified atom stereocenters. The standard InChI is InChI=1S/C19H14ClFN2O/c20-17-12-15(6-7-18(17)21)19(24)22-16-8-10-23(11-9-16)13-14-4-2-1-3-5-14/h1-12H,13H2/p+1. The SMILES string of the molecule is O=C(Nc1cc[n+](Cc2ccccc2)cc1)c1ccc(F)c(Cl)c1. The first-order valence-corrected chi connectivity index (χ1v) is 7.79. The summed E-state index contributed by atoms with van der Waals surface area (Å²) >= 11 is 5.70. The Morgan fingerprint density at radius 3 is 2.42 bits per heavy atom. The molecule has 3 aromatic rings. The first-order valence-electron chi connectivity index (χ1n) is 7.41. The van der Waals surface area contributed by atoms with Gasteiger partial charge in [0.2, 0.25) is 0 Å². The van der Waals surface area contributed by atoms with Crippen LogP contribution in [0.3, 0.4) is 0 Å². The number of carbonyl (C=O) groups is 1. The Morgan fingerprint density at radius 2 is 1.75 bits per heavy atom. The van der Waals surface area contributed by atoms with Crippen molar-refractivity contribution in [2.75, 3.05) is 5.32 Å². The van der Waals surface area contributed by atoms with Crippen LogP contribution in [-0.4, -0.2) is 5.91 Å². The van der Waals surface area contributed by atoms with Gasteiger partial charge in [0.15, 0.2) is 18.9 Å². The molecule has 24 heavy (non-hydrogen) atoms. The summed E-state index contributed by atoms with van der Waals surface area (Å²) in [6, 6.07) is 17.6. The minimum atomic E-state index is -0.546. The number of halogens is 2. The Hall–Kier alpha value is -2.72. The molecule has 1 aromatic heterocycles. The molecule has 0 spiro atoms. The maximum absolute atomic E-state index is 13.1. The second-order valence-electron chi connectivity index (χ2n) is 5.33. The highest BCUT2D eigenvalue weighted by molar-refractivity contribution is 6.31. The Morgan fingerprint density at radius 1 is 1.04 bits per heavy atom. The van der Waals surface area contributed by atoms with Crippen molar-refractivity contribution in [1.29, 1.82) is 0 Å². The first kappa shape index (κ1) is 16.1. The summed E-state index contributed by atoms with van der Waals surface area (Å²) in [5.41, 5.74) is 2.16. The van der Waals surface area contributed by atoms with E-state index in [4.69, 9.17) is 11.6 Å². The van der Waals surface area contributed by atoms with E-state index in [1.165, 1.54) is 23.8 Å². The molecule has 0 radical (unpaired) electrons. The van der Waals surface area contributed by atoms with Crippen LogP contribution in [0.1, 0.15) is 15.9 Å². The number of hydrogen-bond donors (Lipinski definition) is 1. The molecular formula is C19H15ClFN2O+. The molecule has 3 rings (SSSR count). The van der Waals surface area contributed by atoms with Crippen molar-refractivity contribution < 1.29 is 13.8 Å². The van der Waals surface area contributed by atoms with E-state index in [-0.39, 0.29) is 10.9 Å². The third kappa shape index (κ3) is 3.97. The van der Waals surface area contributed by atoms with Crippen LogP contribution in [-0.2, 0) is 6.54 Å². The Bertz CT molecular complexity index is 851. The molecule has 0 atom stereocenters. The van der Waals surface area contributed by atoms with Gasteiger partial charge >= 0.3 is 0 Å². The van der Waals surface area contributed by atoms with Gasteiger partial charge in [-0.05, 0) is 18.2 Å². The third-order valence-corrected chi connectivity index (χ3v) is 3.83. The lowest BCUT2D eigenvalue weighted by Crippen LogP contribution is -2.33. The summed E-state index contributed by atoms with van der Waals surface area (Å²) in [6.07, 6.45) is 3.78. The monoisotopic (exact) mass is 341 g/mol. The number of nitrogens with zero attached hydrogens (tertiary/aromatic N) is 1. The topological polar surface area (TPSA) is 33.0 Å². The van der Waals surface area contributed by atoms with Gasteiger partial charge in [0, 0.05) is 23.3 Å². The van der Waals surface area contributed by atoms with E-state index in [1.54, 1.807) is 0 Å². The number of amides is 1. The summed E-state index contributed by atoms with van der Waals surface area (Å²) in [7, 11) is 0. The zero-order chi connectivity index (χ0) is 16.9. The molecule has 0 aliphatic heterocycles. The van der Waals surface area contributed by atoms with Gasteiger partial charge < -0.3 is 5.32 Å². The highest BCUT2D eigenvalue weighted by Crippen LogP contribution is 2.17. The molecule has 120 valence electrons. The fourth-order valence-corrected chi connectivity index (χ4v) is 2.46. The molecule has 1 amide bonds.